The first-order valence-electron chi connectivity index (χ1n) is 0.698. The summed E-state index contributed by atoms with van der Waals surface area (Å²) >= 11 is -5.25. The molecule has 0 radical (unpaired) electrons. The van der Waals surface area contributed by atoms with Crippen molar-refractivity contribution < 1.29 is 32.4 Å². The van der Waals surface area contributed by atoms with E-state index >= 15 is 0 Å². The molecule has 0 aromatic heterocycles. The smallest absolute Gasteiger partial charge is 2.00 e. The van der Waals surface area contributed by atoms with Crippen LogP contribution in [0.1, 0.15) is 2.85 Å². The molecule has 0 rings (SSSR count). The van der Waals surface area contributed by atoms with Crippen LogP contribution in [0.25, 0.3) is 0 Å². The fourth-order valence-corrected chi connectivity index (χ4v) is 0. The molecule has 0 aliphatic rings. The topological polar surface area (TPSA) is 74.6 Å². The summed E-state index contributed by atoms with van der Waals surface area (Å²) in [6.07, 6.45) is 0. The van der Waals surface area contributed by atoms with E-state index in [4.69, 9.17) is 15.9 Å². The van der Waals surface area contributed by atoms with Crippen LogP contribution in [0.4, 0.5) is 0 Å². The van der Waals surface area contributed by atoms with Gasteiger partial charge < -0.3 is 2.85 Å². The van der Waals surface area contributed by atoms with Crippen LogP contribution in [0.2, 0.25) is 0 Å². The van der Waals surface area contributed by atoms with Crippen molar-refractivity contribution in [2.45, 2.75) is 0 Å². The number of hydrogen-bond donors (Lipinski definition) is 2. The zero-order valence-corrected chi connectivity index (χ0v) is 7.58. The Labute approximate surface area is 76.8 Å². The molecule has 0 saturated heterocycles. The summed E-state index contributed by atoms with van der Waals surface area (Å²) in [6.45, 7) is 0. The Bertz CT molecular complexity index is 97.2. The molecule has 4 nitrogen and oxygen atoms in total. The van der Waals surface area contributed by atoms with Crippen molar-refractivity contribution in [2.24, 2.45) is 0 Å². The third-order valence-electron chi connectivity index (χ3n) is 0. The summed E-state index contributed by atoms with van der Waals surface area (Å²) in [5, 5.41) is 0. The Balaban J connectivity index is -0.0000000267. The van der Waals surface area contributed by atoms with Gasteiger partial charge in [-0.1, -0.05) is 0 Å². The van der Waals surface area contributed by atoms with Gasteiger partial charge in [0, 0.05) is 0 Å². The summed E-state index contributed by atoms with van der Waals surface area (Å²) in [6, 6.07) is 0. The molecule has 0 saturated carbocycles. The summed E-state index contributed by atoms with van der Waals surface area (Å²) in [4.78, 5) is 0. The molecule has 6 heteroatoms. The van der Waals surface area contributed by atoms with E-state index in [2.05, 4.69) is 0 Å². The van der Waals surface area contributed by atoms with Crippen molar-refractivity contribution in [3.63, 3.8) is 0 Å². The SMILES string of the molecule is [H-].[H-].[O]=[Cr](=[O])([OH])[OH].[Sr+2]. The van der Waals surface area contributed by atoms with E-state index in [-0.39, 0.29) is 48.3 Å². The summed E-state index contributed by atoms with van der Waals surface area (Å²) in [7, 11) is 0. The average molecular weight is 208 g/mol. The zero-order chi connectivity index (χ0) is 4.50. The van der Waals surface area contributed by atoms with Gasteiger partial charge in [-0.15, -0.1) is 0 Å². The Hall–Kier alpha value is 1.53. The molecule has 6 heavy (non-hydrogen) atoms. The van der Waals surface area contributed by atoms with E-state index < -0.39 is 13.6 Å². The van der Waals surface area contributed by atoms with Gasteiger partial charge in [0.05, 0.1) is 0 Å². The van der Waals surface area contributed by atoms with Gasteiger partial charge in [-0.3, -0.25) is 0 Å². The molecule has 0 unspecified atom stereocenters. The zero-order valence-electron chi connectivity index (χ0n) is 4.83. The van der Waals surface area contributed by atoms with E-state index in [0.29, 0.717) is 0 Å². The van der Waals surface area contributed by atoms with Crippen LogP contribution < -0.4 is 0 Å². The maximum absolute atomic E-state index is 8.82. The molecule has 0 aromatic carbocycles. The van der Waals surface area contributed by atoms with Gasteiger partial charge in [0.2, 0.25) is 0 Å². The van der Waals surface area contributed by atoms with E-state index in [0.717, 1.165) is 0 Å². The predicted octanol–water partition coefficient (Wildman–Crippen LogP) is -1.51. The fraction of sp³-hybridized carbons (Fsp3) is 0. The van der Waals surface area contributed by atoms with Gasteiger partial charge in [-0.2, -0.15) is 0 Å². The van der Waals surface area contributed by atoms with Crippen molar-refractivity contribution in [3.05, 3.63) is 0 Å². The molecular weight excluding hydrogens is 204 g/mol. The maximum atomic E-state index is 8.82. The molecule has 36 valence electrons. The van der Waals surface area contributed by atoms with Crippen LogP contribution in [0.5, 0.6) is 0 Å². The second-order valence-corrected chi connectivity index (χ2v) is 1.85. The Kier molecular flexibility index (Phi) is 6.17. The van der Waals surface area contributed by atoms with E-state index in [1.165, 1.54) is 0 Å². The van der Waals surface area contributed by atoms with Crippen LogP contribution in [-0.4, -0.2) is 53.8 Å². The average Bonchev–Trinajstić information content (AvgIpc) is 0.722. The Morgan fingerprint density at radius 3 is 1.33 bits per heavy atom. The Morgan fingerprint density at radius 2 is 1.33 bits per heavy atom. The van der Waals surface area contributed by atoms with Gasteiger partial charge in [0.25, 0.3) is 0 Å². The number of hydrogen-bond acceptors (Lipinski definition) is 2. The third-order valence-corrected chi connectivity index (χ3v) is 0. The normalized spacial score (nSPS) is 9.67. The Morgan fingerprint density at radius 1 is 1.33 bits per heavy atom. The summed E-state index contributed by atoms with van der Waals surface area (Å²) < 4.78 is 31.9. The monoisotopic (exact) mass is 208 g/mol. The van der Waals surface area contributed by atoms with Gasteiger partial charge in [0.1, 0.15) is 0 Å². The quantitative estimate of drug-likeness (QED) is 0.474. The predicted molar refractivity (Wildman–Crippen MR) is 13.8 cm³/mol. The van der Waals surface area contributed by atoms with E-state index in [9.17, 15) is 0 Å². The molecule has 0 heterocycles. The maximum Gasteiger partial charge on any atom is 2.00 e. The summed E-state index contributed by atoms with van der Waals surface area (Å²) in [5.74, 6) is 0. The first kappa shape index (κ1) is 10.5. The first-order valence-corrected chi connectivity index (χ1v) is 2.88. The fourth-order valence-electron chi connectivity index (χ4n) is 0. The molecule has 0 bridgehead atoms. The van der Waals surface area contributed by atoms with Gasteiger partial charge in [-0.25, -0.2) is 0 Å². The molecule has 0 aromatic rings. The minimum atomic E-state index is -5.25. The number of rotatable bonds is 0. The standard InChI is InChI=1S/Cr.2H2O.2O.Sr.2H/h;2*1H2;;;;;/q+2;;;;;+2;2*-1/p-2. The molecule has 0 aliphatic heterocycles. The molecular formula is H4CrO4Sr. The van der Waals surface area contributed by atoms with Crippen molar-refractivity contribution in [1.29, 1.82) is 0 Å². The molecule has 0 fully saturated rings. The van der Waals surface area contributed by atoms with Crippen molar-refractivity contribution in [1.82, 2.24) is 0 Å². The first-order chi connectivity index (χ1) is 2.00. The molecule has 0 spiro atoms. The second kappa shape index (κ2) is 3.52. The van der Waals surface area contributed by atoms with E-state index in [1.54, 1.807) is 0 Å². The third kappa shape index (κ3) is 48.4. The molecule has 2 N–H and O–H groups in total. The second-order valence-electron chi connectivity index (χ2n) is 0.448. The van der Waals surface area contributed by atoms with Crippen molar-refractivity contribution in [3.8, 4) is 0 Å². The van der Waals surface area contributed by atoms with Gasteiger partial charge in [0.15, 0.2) is 0 Å². The van der Waals surface area contributed by atoms with Crippen LogP contribution in [0.3, 0.4) is 0 Å². The molecule has 0 aliphatic carbocycles. The molecule has 0 amide bonds. The van der Waals surface area contributed by atoms with Crippen molar-refractivity contribution in [2.75, 3.05) is 0 Å². The van der Waals surface area contributed by atoms with Gasteiger partial charge in [-0.05, 0) is 0 Å². The van der Waals surface area contributed by atoms with Crippen LogP contribution in [-0.2, 0) is 21.2 Å². The van der Waals surface area contributed by atoms with Gasteiger partial charge >= 0.3 is 75.0 Å². The van der Waals surface area contributed by atoms with Crippen molar-refractivity contribution >= 4 is 45.5 Å². The largest absolute Gasteiger partial charge is 2.00 e. The van der Waals surface area contributed by atoms with Crippen LogP contribution in [0, 0.1) is 0 Å². The van der Waals surface area contributed by atoms with Crippen LogP contribution in [0.15, 0.2) is 0 Å². The van der Waals surface area contributed by atoms with Crippen LogP contribution >= 0.6 is 0 Å². The minimum Gasteiger partial charge on any atom is 2.00 e. The molecule has 0 atom stereocenters. The van der Waals surface area contributed by atoms with E-state index in [1.807, 2.05) is 0 Å². The summed E-state index contributed by atoms with van der Waals surface area (Å²) in [5.41, 5.74) is 0. The minimum absolute atomic E-state index is 0.